The summed E-state index contributed by atoms with van der Waals surface area (Å²) in [6.45, 7) is 1.49. The summed E-state index contributed by atoms with van der Waals surface area (Å²) in [7, 11) is 0. The molecule has 28 heavy (non-hydrogen) atoms. The minimum Gasteiger partial charge on any atom is -0.457 e. The van der Waals surface area contributed by atoms with Crippen molar-refractivity contribution < 1.29 is 9.53 Å². The Hall–Kier alpha value is -3.48. The van der Waals surface area contributed by atoms with Gasteiger partial charge in [-0.3, -0.25) is 9.78 Å². The molecule has 7 heteroatoms. The van der Waals surface area contributed by atoms with Crippen molar-refractivity contribution in [2.45, 2.75) is 12.8 Å². The van der Waals surface area contributed by atoms with Crippen LogP contribution in [0.2, 0.25) is 0 Å². The Morgan fingerprint density at radius 3 is 2.46 bits per heavy atom. The van der Waals surface area contributed by atoms with Gasteiger partial charge in [0.1, 0.15) is 11.5 Å². The van der Waals surface area contributed by atoms with E-state index in [4.69, 9.17) is 4.74 Å². The molecule has 1 atom stereocenters. The van der Waals surface area contributed by atoms with Crippen molar-refractivity contribution in [3.8, 4) is 11.5 Å². The van der Waals surface area contributed by atoms with Crippen LogP contribution < -0.4 is 15.0 Å². The standard InChI is InChI=1S/C21H21N5O2/c27-20(16-3-1-14-26(15-16)21-23-10-2-11-24-21)25-17-4-6-18(7-5-17)28-19-8-12-22-13-9-19/h2,4-13,16H,1,3,14-15H2,(H,25,27)/t16-/m0/s1. The van der Waals surface area contributed by atoms with Gasteiger partial charge in [-0.2, -0.15) is 0 Å². The van der Waals surface area contributed by atoms with Gasteiger partial charge in [-0.05, 0) is 55.3 Å². The van der Waals surface area contributed by atoms with Crippen LogP contribution in [-0.4, -0.2) is 33.9 Å². The zero-order chi connectivity index (χ0) is 19.2. The topological polar surface area (TPSA) is 80.2 Å². The quantitative estimate of drug-likeness (QED) is 0.735. The SMILES string of the molecule is O=C(Nc1ccc(Oc2ccncc2)cc1)[C@H]1CCCN(c2ncccn2)C1. The van der Waals surface area contributed by atoms with Crippen molar-refractivity contribution in [2.24, 2.45) is 5.92 Å². The normalized spacial score (nSPS) is 16.4. The van der Waals surface area contributed by atoms with E-state index < -0.39 is 0 Å². The van der Waals surface area contributed by atoms with Crippen LogP contribution in [0.15, 0.2) is 67.3 Å². The van der Waals surface area contributed by atoms with E-state index in [0.29, 0.717) is 18.2 Å². The first kappa shape index (κ1) is 17.9. The minimum absolute atomic E-state index is 0.0171. The van der Waals surface area contributed by atoms with E-state index in [1.165, 1.54) is 0 Å². The molecule has 7 nitrogen and oxygen atoms in total. The maximum atomic E-state index is 12.7. The second-order valence-corrected chi connectivity index (χ2v) is 6.63. The van der Waals surface area contributed by atoms with Gasteiger partial charge in [-0.15, -0.1) is 0 Å². The van der Waals surface area contributed by atoms with Crippen molar-refractivity contribution in [3.63, 3.8) is 0 Å². The summed E-state index contributed by atoms with van der Waals surface area (Å²) in [5.41, 5.74) is 0.750. The van der Waals surface area contributed by atoms with E-state index in [1.54, 1.807) is 43.0 Å². The molecule has 1 saturated heterocycles. The predicted octanol–water partition coefficient (Wildman–Crippen LogP) is 3.52. The third-order valence-corrected chi connectivity index (χ3v) is 4.63. The number of amides is 1. The lowest BCUT2D eigenvalue weighted by Gasteiger charge is -2.31. The molecule has 1 N–H and O–H groups in total. The number of carbonyl (C=O) groups is 1. The lowest BCUT2D eigenvalue weighted by atomic mass is 9.97. The number of nitrogens with one attached hydrogen (secondary N) is 1. The molecule has 142 valence electrons. The molecule has 0 radical (unpaired) electrons. The first-order chi connectivity index (χ1) is 13.8. The minimum atomic E-state index is -0.0923. The Labute approximate surface area is 163 Å². The van der Waals surface area contributed by atoms with E-state index in [0.717, 1.165) is 30.8 Å². The van der Waals surface area contributed by atoms with Gasteiger partial charge in [0.15, 0.2) is 0 Å². The highest BCUT2D eigenvalue weighted by atomic mass is 16.5. The van der Waals surface area contributed by atoms with Crippen LogP contribution in [0.25, 0.3) is 0 Å². The highest BCUT2D eigenvalue weighted by Crippen LogP contribution is 2.24. The van der Waals surface area contributed by atoms with Crippen molar-refractivity contribution in [1.29, 1.82) is 0 Å². The van der Waals surface area contributed by atoms with Crippen LogP contribution in [0.4, 0.5) is 11.6 Å². The molecule has 3 aromatic rings. The second kappa shape index (κ2) is 8.47. The van der Waals surface area contributed by atoms with E-state index in [2.05, 4.69) is 25.2 Å². The third kappa shape index (κ3) is 4.43. The third-order valence-electron chi connectivity index (χ3n) is 4.63. The number of piperidine rings is 1. The van der Waals surface area contributed by atoms with Crippen LogP contribution in [0.1, 0.15) is 12.8 Å². The molecule has 0 spiro atoms. The van der Waals surface area contributed by atoms with Gasteiger partial charge in [0.2, 0.25) is 11.9 Å². The van der Waals surface area contributed by atoms with Gasteiger partial charge < -0.3 is 15.0 Å². The molecule has 2 aromatic heterocycles. The summed E-state index contributed by atoms with van der Waals surface area (Å²) in [6.07, 6.45) is 8.60. The number of pyridine rings is 1. The predicted molar refractivity (Wildman–Crippen MR) is 106 cm³/mol. The fourth-order valence-corrected chi connectivity index (χ4v) is 3.22. The maximum absolute atomic E-state index is 12.7. The number of hydrogen-bond acceptors (Lipinski definition) is 6. The fourth-order valence-electron chi connectivity index (χ4n) is 3.22. The average molecular weight is 375 g/mol. The van der Waals surface area contributed by atoms with Crippen LogP contribution in [0, 0.1) is 5.92 Å². The monoisotopic (exact) mass is 375 g/mol. The molecule has 0 aliphatic carbocycles. The summed E-state index contributed by atoms with van der Waals surface area (Å²) in [5.74, 6) is 2.03. The lowest BCUT2D eigenvalue weighted by molar-refractivity contribution is -0.120. The molecule has 1 aliphatic rings. The van der Waals surface area contributed by atoms with Gasteiger partial charge in [0.05, 0.1) is 5.92 Å². The number of ether oxygens (including phenoxy) is 1. The first-order valence-corrected chi connectivity index (χ1v) is 9.29. The zero-order valence-corrected chi connectivity index (χ0v) is 15.4. The smallest absolute Gasteiger partial charge is 0.229 e. The molecular weight excluding hydrogens is 354 g/mol. The van der Waals surface area contributed by atoms with Gasteiger partial charge >= 0.3 is 0 Å². The van der Waals surface area contributed by atoms with Gasteiger partial charge in [0.25, 0.3) is 0 Å². The van der Waals surface area contributed by atoms with E-state index in [9.17, 15) is 4.79 Å². The maximum Gasteiger partial charge on any atom is 0.229 e. The van der Waals surface area contributed by atoms with Crippen LogP contribution >= 0.6 is 0 Å². The highest BCUT2D eigenvalue weighted by molar-refractivity contribution is 5.93. The van der Waals surface area contributed by atoms with Crippen LogP contribution in [0.5, 0.6) is 11.5 Å². The Balaban J connectivity index is 1.35. The molecule has 1 aliphatic heterocycles. The molecule has 0 unspecified atom stereocenters. The first-order valence-electron chi connectivity index (χ1n) is 9.29. The van der Waals surface area contributed by atoms with Crippen LogP contribution in [0.3, 0.4) is 0 Å². The number of carbonyl (C=O) groups excluding carboxylic acids is 1. The number of hydrogen-bond donors (Lipinski definition) is 1. The number of anilines is 2. The van der Waals surface area contributed by atoms with Crippen molar-refractivity contribution in [2.75, 3.05) is 23.3 Å². The summed E-state index contributed by atoms with van der Waals surface area (Å²) in [6, 6.07) is 12.7. The molecule has 0 bridgehead atoms. The molecule has 3 heterocycles. The number of aromatic nitrogens is 3. The Morgan fingerprint density at radius 2 is 1.71 bits per heavy atom. The molecular formula is C21H21N5O2. The van der Waals surface area contributed by atoms with Gasteiger partial charge in [0, 0.05) is 43.6 Å². The van der Waals surface area contributed by atoms with Crippen molar-refractivity contribution >= 4 is 17.5 Å². The molecule has 1 amide bonds. The zero-order valence-electron chi connectivity index (χ0n) is 15.4. The molecule has 1 fully saturated rings. The fraction of sp³-hybridized carbons (Fsp3) is 0.238. The average Bonchev–Trinajstić information content (AvgIpc) is 2.76. The van der Waals surface area contributed by atoms with Gasteiger partial charge in [-0.25, -0.2) is 9.97 Å². The number of rotatable bonds is 5. The van der Waals surface area contributed by atoms with Crippen LogP contribution in [-0.2, 0) is 4.79 Å². The Morgan fingerprint density at radius 1 is 1.00 bits per heavy atom. The number of benzene rings is 1. The Bertz CT molecular complexity index is 903. The summed E-state index contributed by atoms with van der Waals surface area (Å²) in [4.78, 5) is 27.3. The van der Waals surface area contributed by atoms with Crippen molar-refractivity contribution in [1.82, 2.24) is 15.0 Å². The number of nitrogens with zero attached hydrogens (tertiary/aromatic N) is 4. The summed E-state index contributed by atoms with van der Waals surface area (Å²) < 4.78 is 5.74. The van der Waals surface area contributed by atoms with E-state index in [-0.39, 0.29) is 11.8 Å². The summed E-state index contributed by atoms with van der Waals surface area (Å²) in [5, 5.41) is 3.00. The lowest BCUT2D eigenvalue weighted by Crippen LogP contribution is -2.41. The Kier molecular flexibility index (Phi) is 5.42. The summed E-state index contributed by atoms with van der Waals surface area (Å²) >= 11 is 0. The van der Waals surface area contributed by atoms with Crippen molar-refractivity contribution in [3.05, 3.63) is 67.3 Å². The molecule has 0 saturated carbocycles. The van der Waals surface area contributed by atoms with E-state index >= 15 is 0 Å². The molecule has 1 aromatic carbocycles. The molecule has 4 rings (SSSR count). The van der Waals surface area contributed by atoms with E-state index in [1.807, 2.05) is 24.3 Å². The highest BCUT2D eigenvalue weighted by Gasteiger charge is 2.27. The largest absolute Gasteiger partial charge is 0.457 e. The second-order valence-electron chi connectivity index (χ2n) is 6.63. The van der Waals surface area contributed by atoms with Gasteiger partial charge in [-0.1, -0.05) is 0 Å².